The number of H-pyrrole nitrogens is 1. The second-order valence-electron chi connectivity index (χ2n) is 4.48. The van der Waals surface area contributed by atoms with Gasteiger partial charge in [0.1, 0.15) is 11.3 Å². The zero-order valence-electron chi connectivity index (χ0n) is 11.0. The summed E-state index contributed by atoms with van der Waals surface area (Å²) in [5.74, 6) is -0.128. The van der Waals surface area contributed by atoms with E-state index in [1.807, 2.05) is 0 Å². The number of halogens is 1. The van der Waals surface area contributed by atoms with E-state index in [9.17, 15) is 9.90 Å². The molecular formula is C14H11ClN4O2. The molecule has 0 amide bonds. The van der Waals surface area contributed by atoms with Gasteiger partial charge in [-0.05, 0) is 6.07 Å². The molecule has 0 atom stereocenters. The third-order valence-electron chi connectivity index (χ3n) is 3.10. The number of rotatable bonds is 2. The lowest BCUT2D eigenvalue weighted by Gasteiger charge is -2.07. The van der Waals surface area contributed by atoms with Crippen molar-refractivity contribution in [2.75, 3.05) is 0 Å². The van der Waals surface area contributed by atoms with E-state index in [1.54, 1.807) is 48.4 Å². The minimum atomic E-state index is -0.466. The van der Waals surface area contributed by atoms with Gasteiger partial charge in [-0.1, -0.05) is 29.8 Å². The molecule has 0 bridgehead atoms. The van der Waals surface area contributed by atoms with Crippen molar-refractivity contribution in [1.29, 1.82) is 0 Å². The Labute approximate surface area is 124 Å². The fraction of sp³-hybridized carbons (Fsp3) is 0.0714. The number of aromatic nitrogens is 4. The molecule has 2 heterocycles. The van der Waals surface area contributed by atoms with Crippen LogP contribution in [0.1, 0.15) is 0 Å². The van der Waals surface area contributed by atoms with Crippen LogP contribution in [0.2, 0.25) is 5.02 Å². The van der Waals surface area contributed by atoms with Crippen LogP contribution in [-0.4, -0.2) is 24.6 Å². The van der Waals surface area contributed by atoms with Crippen molar-refractivity contribution in [2.24, 2.45) is 7.05 Å². The molecule has 0 spiro atoms. The lowest BCUT2D eigenvalue weighted by molar-refractivity contribution is 0.454. The van der Waals surface area contributed by atoms with Crippen molar-refractivity contribution >= 4 is 11.6 Å². The lowest BCUT2D eigenvalue weighted by atomic mass is 10.1. The van der Waals surface area contributed by atoms with Crippen LogP contribution in [0.4, 0.5) is 0 Å². The van der Waals surface area contributed by atoms with E-state index in [4.69, 9.17) is 11.6 Å². The number of nitrogens with zero attached hydrogens (tertiary/aromatic N) is 3. The van der Waals surface area contributed by atoms with Gasteiger partial charge in [0.15, 0.2) is 5.82 Å². The van der Waals surface area contributed by atoms with E-state index in [2.05, 4.69) is 15.0 Å². The van der Waals surface area contributed by atoms with Gasteiger partial charge in [0.05, 0.1) is 12.5 Å². The van der Waals surface area contributed by atoms with Crippen LogP contribution in [0.25, 0.3) is 22.6 Å². The Bertz CT molecular complexity index is 869. The average molecular weight is 303 g/mol. The van der Waals surface area contributed by atoms with E-state index in [0.29, 0.717) is 16.3 Å². The highest BCUT2D eigenvalue weighted by Gasteiger charge is 2.17. The zero-order valence-corrected chi connectivity index (χ0v) is 11.8. The molecule has 0 radical (unpaired) electrons. The molecule has 106 valence electrons. The molecule has 0 saturated heterocycles. The van der Waals surface area contributed by atoms with Crippen LogP contribution >= 0.6 is 11.6 Å². The number of imidazole rings is 1. The molecule has 2 aromatic heterocycles. The first-order valence-corrected chi connectivity index (χ1v) is 6.50. The predicted molar refractivity (Wildman–Crippen MR) is 79.2 cm³/mol. The summed E-state index contributed by atoms with van der Waals surface area (Å²) in [7, 11) is 1.77. The van der Waals surface area contributed by atoms with Gasteiger partial charge in [-0.3, -0.25) is 4.79 Å². The number of aromatic amines is 1. The standard InChI is InChI=1S/C14H11ClN4O2/c1-19-7-16-6-10(19)12-17-13(20)11(14(21)18-12)8-4-2-3-5-9(8)15/h2-7H,1H3,(H2,17,18,20,21). The molecule has 0 fully saturated rings. The van der Waals surface area contributed by atoms with Crippen molar-refractivity contribution in [1.82, 2.24) is 19.5 Å². The minimum absolute atomic E-state index is 0.0477. The monoisotopic (exact) mass is 302 g/mol. The van der Waals surface area contributed by atoms with Gasteiger partial charge in [0, 0.05) is 17.6 Å². The maximum Gasteiger partial charge on any atom is 0.263 e. The average Bonchev–Trinajstić information content (AvgIpc) is 2.86. The summed E-state index contributed by atoms with van der Waals surface area (Å²) in [4.78, 5) is 22.9. The Hall–Kier alpha value is -2.60. The van der Waals surface area contributed by atoms with Gasteiger partial charge in [0.25, 0.3) is 5.56 Å². The maximum absolute atomic E-state index is 12.3. The Morgan fingerprint density at radius 2 is 2.10 bits per heavy atom. The summed E-state index contributed by atoms with van der Waals surface area (Å²) in [6, 6.07) is 6.77. The van der Waals surface area contributed by atoms with Gasteiger partial charge in [-0.15, -0.1) is 0 Å². The molecule has 0 aliphatic heterocycles. The summed E-state index contributed by atoms with van der Waals surface area (Å²) < 4.78 is 1.69. The first-order valence-electron chi connectivity index (χ1n) is 6.13. The summed E-state index contributed by atoms with van der Waals surface area (Å²) in [6.45, 7) is 0. The van der Waals surface area contributed by atoms with Gasteiger partial charge in [0.2, 0.25) is 5.88 Å². The van der Waals surface area contributed by atoms with Crippen molar-refractivity contribution in [3.8, 4) is 28.5 Å². The SMILES string of the molecule is Cn1cncc1-c1nc(O)c(-c2ccccc2Cl)c(=O)[nH]1. The second kappa shape index (κ2) is 5.06. The third-order valence-corrected chi connectivity index (χ3v) is 3.43. The Morgan fingerprint density at radius 1 is 1.33 bits per heavy atom. The molecule has 3 aromatic rings. The van der Waals surface area contributed by atoms with Gasteiger partial charge in [-0.2, -0.15) is 4.98 Å². The Kier molecular flexibility index (Phi) is 3.23. The van der Waals surface area contributed by atoms with E-state index in [-0.39, 0.29) is 17.3 Å². The number of benzene rings is 1. The van der Waals surface area contributed by atoms with Crippen LogP contribution in [0.5, 0.6) is 5.88 Å². The highest BCUT2D eigenvalue weighted by molar-refractivity contribution is 6.33. The van der Waals surface area contributed by atoms with Crippen LogP contribution in [0.15, 0.2) is 41.6 Å². The van der Waals surface area contributed by atoms with Gasteiger partial charge in [-0.25, -0.2) is 4.98 Å². The Morgan fingerprint density at radius 3 is 2.71 bits per heavy atom. The fourth-order valence-corrected chi connectivity index (χ4v) is 2.30. The molecule has 6 nitrogen and oxygen atoms in total. The van der Waals surface area contributed by atoms with Gasteiger partial charge >= 0.3 is 0 Å². The van der Waals surface area contributed by atoms with Crippen molar-refractivity contribution < 1.29 is 5.11 Å². The van der Waals surface area contributed by atoms with E-state index >= 15 is 0 Å². The molecule has 2 N–H and O–H groups in total. The van der Waals surface area contributed by atoms with E-state index in [1.165, 1.54) is 0 Å². The number of nitrogens with one attached hydrogen (secondary N) is 1. The predicted octanol–water partition coefficient (Wildman–Crippen LogP) is 2.20. The Balaban J connectivity index is 2.21. The molecule has 0 unspecified atom stereocenters. The summed E-state index contributed by atoms with van der Waals surface area (Å²) >= 11 is 6.06. The van der Waals surface area contributed by atoms with Crippen molar-refractivity contribution in [3.05, 3.63) is 52.2 Å². The molecule has 1 aromatic carbocycles. The zero-order chi connectivity index (χ0) is 15.0. The second-order valence-corrected chi connectivity index (χ2v) is 4.89. The van der Waals surface area contributed by atoms with E-state index in [0.717, 1.165) is 0 Å². The van der Waals surface area contributed by atoms with Crippen LogP contribution in [0.3, 0.4) is 0 Å². The first-order chi connectivity index (χ1) is 10.1. The first kappa shape index (κ1) is 13.4. The van der Waals surface area contributed by atoms with Crippen LogP contribution < -0.4 is 5.56 Å². The fourth-order valence-electron chi connectivity index (χ4n) is 2.07. The summed E-state index contributed by atoms with van der Waals surface area (Å²) in [5.41, 5.74) is 0.605. The highest BCUT2D eigenvalue weighted by atomic mass is 35.5. The topological polar surface area (TPSA) is 83.8 Å². The summed E-state index contributed by atoms with van der Waals surface area (Å²) in [6.07, 6.45) is 3.13. The normalized spacial score (nSPS) is 10.8. The van der Waals surface area contributed by atoms with Gasteiger partial charge < -0.3 is 14.7 Å². The molecule has 0 saturated carbocycles. The van der Waals surface area contributed by atoms with Crippen molar-refractivity contribution in [2.45, 2.75) is 0 Å². The number of aromatic hydroxyl groups is 1. The maximum atomic E-state index is 12.3. The number of aryl methyl sites for hydroxylation is 1. The summed E-state index contributed by atoms with van der Waals surface area (Å²) in [5, 5.41) is 10.5. The third kappa shape index (κ3) is 2.30. The number of hydrogen-bond donors (Lipinski definition) is 2. The number of hydrogen-bond acceptors (Lipinski definition) is 4. The van der Waals surface area contributed by atoms with Crippen LogP contribution in [-0.2, 0) is 7.05 Å². The van der Waals surface area contributed by atoms with Crippen LogP contribution in [0, 0.1) is 0 Å². The molecule has 3 rings (SSSR count). The molecule has 0 aliphatic carbocycles. The highest BCUT2D eigenvalue weighted by Crippen LogP contribution is 2.30. The molecule has 7 heteroatoms. The van der Waals surface area contributed by atoms with E-state index < -0.39 is 5.56 Å². The smallest absolute Gasteiger partial charge is 0.263 e. The largest absolute Gasteiger partial charge is 0.493 e. The lowest BCUT2D eigenvalue weighted by Crippen LogP contribution is -2.13. The quantitative estimate of drug-likeness (QED) is 0.760. The molecule has 21 heavy (non-hydrogen) atoms. The van der Waals surface area contributed by atoms with Crippen molar-refractivity contribution in [3.63, 3.8) is 0 Å². The molecule has 0 aliphatic rings. The molecular weight excluding hydrogens is 292 g/mol. The minimum Gasteiger partial charge on any atom is -0.493 e.